The van der Waals surface area contributed by atoms with Crippen LogP contribution in [-0.4, -0.2) is 34.7 Å². The Bertz CT molecular complexity index is 500. The van der Waals surface area contributed by atoms with Gasteiger partial charge in [-0.05, 0) is 31.5 Å². The predicted molar refractivity (Wildman–Crippen MR) is 68.5 cm³/mol. The van der Waals surface area contributed by atoms with Gasteiger partial charge >= 0.3 is 5.97 Å². The van der Waals surface area contributed by atoms with Crippen LogP contribution in [0.15, 0.2) is 18.2 Å². The number of carbonyl (C=O) groups excluding carboxylic acids is 1. The number of ether oxygens (including phenoxy) is 1. The molecule has 0 saturated carbocycles. The average Bonchev–Trinajstić information content (AvgIpc) is 2.38. The van der Waals surface area contributed by atoms with Crippen LogP contribution < -0.4 is 10.1 Å². The Labute approximate surface area is 111 Å². The van der Waals surface area contributed by atoms with Crippen molar-refractivity contribution in [2.45, 2.75) is 25.8 Å². The molecular formula is C13H17NO5. The van der Waals surface area contributed by atoms with E-state index in [0.29, 0.717) is 5.75 Å². The number of amides is 1. The first-order chi connectivity index (χ1) is 8.84. The number of phenols is 1. The maximum absolute atomic E-state index is 12.0. The number of aliphatic carboxylic acids is 1. The average molecular weight is 267 g/mol. The molecular weight excluding hydrogens is 250 g/mol. The van der Waals surface area contributed by atoms with E-state index in [2.05, 4.69) is 5.32 Å². The van der Waals surface area contributed by atoms with E-state index in [1.807, 2.05) is 0 Å². The second-order valence-corrected chi connectivity index (χ2v) is 4.33. The van der Waals surface area contributed by atoms with E-state index in [4.69, 9.17) is 9.84 Å². The molecule has 0 bridgehead atoms. The van der Waals surface area contributed by atoms with Crippen molar-refractivity contribution in [3.63, 3.8) is 0 Å². The first kappa shape index (κ1) is 14.8. The van der Waals surface area contributed by atoms with Crippen LogP contribution in [0, 0.1) is 0 Å². The second kappa shape index (κ2) is 5.60. The van der Waals surface area contributed by atoms with Crippen LogP contribution in [0.4, 0.5) is 0 Å². The molecule has 1 atom stereocenters. The number of phenolic OH excluding ortho intramolecular Hbond substituents is 1. The number of nitrogens with one attached hydrogen (secondary N) is 1. The van der Waals surface area contributed by atoms with Gasteiger partial charge in [0.2, 0.25) is 0 Å². The van der Waals surface area contributed by atoms with Crippen LogP contribution in [0.2, 0.25) is 0 Å². The van der Waals surface area contributed by atoms with E-state index in [0.717, 1.165) is 0 Å². The molecule has 0 aliphatic carbocycles. The Hall–Kier alpha value is -2.24. The minimum absolute atomic E-state index is 0.0275. The highest BCUT2D eigenvalue weighted by molar-refractivity contribution is 6.00. The molecule has 1 aromatic rings. The van der Waals surface area contributed by atoms with E-state index >= 15 is 0 Å². The van der Waals surface area contributed by atoms with Crippen LogP contribution in [0.5, 0.6) is 11.5 Å². The fourth-order valence-electron chi connectivity index (χ4n) is 1.43. The summed E-state index contributed by atoms with van der Waals surface area (Å²) in [4.78, 5) is 23.1. The van der Waals surface area contributed by atoms with Crippen molar-refractivity contribution in [3.8, 4) is 11.5 Å². The van der Waals surface area contributed by atoms with Crippen molar-refractivity contribution < 1.29 is 24.5 Å². The number of carboxylic acid groups (broad SMARTS) is 1. The molecule has 0 radical (unpaired) electrons. The maximum Gasteiger partial charge on any atom is 0.329 e. The van der Waals surface area contributed by atoms with Gasteiger partial charge in [0.15, 0.2) is 0 Å². The fourth-order valence-corrected chi connectivity index (χ4v) is 1.43. The monoisotopic (exact) mass is 267 g/mol. The highest BCUT2D eigenvalue weighted by Crippen LogP contribution is 2.23. The molecule has 1 rings (SSSR count). The molecule has 3 N–H and O–H groups in total. The van der Waals surface area contributed by atoms with Gasteiger partial charge in [-0.25, -0.2) is 4.79 Å². The topological polar surface area (TPSA) is 95.9 Å². The molecule has 1 amide bonds. The molecule has 0 aliphatic heterocycles. The summed E-state index contributed by atoms with van der Waals surface area (Å²) in [5.41, 5.74) is -1.41. The number of hydrogen-bond acceptors (Lipinski definition) is 4. The highest BCUT2D eigenvalue weighted by Gasteiger charge is 2.33. The molecule has 6 heteroatoms. The standard InChI is InChI=1S/C13H17NO5/c1-4-13(2,12(17)18)14-11(16)9-7-8(19-3)5-6-10(9)15/h5-7,15H,4H2,1-3H3,(H,14,16)(H,17,18). The van der Waals surface area contributed by atoms with Gasteiger partial charge in [0.25, 0.3) is 5.91 Å². The summed E-state index contributed by atoms with van der Waals surface area (Å²) in [5, 5.41) is 21.1. The second-order valence-electron chi connectivity index (χ2n) is 4.33. The third kappa shape index (κ3) is 3.15. The Balaban J connectivity index is 3.04. The Morgan fingerprint density at radius 2 is 2.05 bits per heavy atom. The van der Waals surface area contributed by atoms with Gasteiger partial charge in [-0.2, -0.15) is 0 Å². The third-order valence-corrected chi connectivity index (χ3v) is 3.02. The third-order valence-electron chi connectivity index (χ3n) is 3.02. The van der Waals surface area contributed by atoms with Gasteiger partial charge in [0.1, 0.15) is 17.0 Å². The van der Waals surface area contributed by atoms with Crippen LogP contribution in [0.3, 0.4) is 0 Å². The fraction of sp³-hybridized carbons (Fsp3) is 0.385. The molecule has 0 heterocycles. The minimum Gasteiger partial charge on any atom is -0.507 e. The lowest BCUT2D eigenvalue weighted by molar-refractivity contribution is -0.143. The lowest BCUT2D eigenvalue weighted by Crippen LogP contribution is -2.51. The van der Waals surface area contributed by atoms with Crippen LogP contribution in [0.25, 0.3) is 0 Å². The number of carboxylic acids is 1. The number of rotatable bonds is 5. The van der Waals surface area contributed by atoms with Crippen molar-refractivity contribution in [2.75, 3.05) is 7.11 Å². The van der Waals surface area contributed by atoms with Gasteiger partial charge in [-0.15, -0.1) is 0 Å². The summed E-state index contributed by atoms with van der Waals surface area (Å²) in [6, 6.07) is 4.17. The van der Waals surface area contributed by atoms with E-state index in [1.165, 1.54) is 32.2 Å². The quantitative estimate of drug-likeness (QED) is 0.749. The summed E-state index contributed by atoms with van der Waals surface area (Å²) in [7, 11) is 1.43. The molecule has 6 nitrogen and oxygen atoms in total. The van der Waals surface area contributed by atoms with Gasteiger partial charge in [-0.3, -0.25) is 4.79 Å². The molecule has 1 unspecified atom stereocenters. The molecule has 104 valence electrons. The number of aromatic hydroxyl groups is 1. The summed E-state index contributed by atoms with van der Waals surface area (Å²) < 4.78 is 4.96. The summed E-state index contributed by atoms with van der Waals surface area (Å²) in [5.74, 6) is -1.63. The molecule has 0 aromatic heterocycles. The molecule has 0 aliphatic rings. The SMILES string of the molecule is CCC(C)(NC(=O)c1cc(OC)ccc1O)C(=O)O. The maximum atomic E-state index is 12.0. The van der Waals surface area contributed by atoms with Crippen LogP contribution in [0.1, 0.15) is 30.6 Å². The van der Waals surface area contributed by atoms with Crippen molar-refractivity contribution in [1.29, 1.82) is 0 Å². The largest absolute Gasteiger partial charge is 0.507 e. The van der Waals surface area contributed by atoms with Gasteiger partial charge in [-0.1, -0.05) is 6.92 Å². The first-order valence-corrected chi connectivity index (χ1v) is 5.77. The van der Waals surface area contributed by atoms with E-state index < -0.39 is 17.4 Å². The molecule has 0 saturated heterocycles. The zero-order chi connectivity index (χ0) is 14.6. The Kier molecular flexibility index (Phi) is 4.37. The Morgan fingerprint density at radius 1 is 1.42 bits per heavy atom. The van der Waals surface area contributed by atoms with Crippen LogP contribution >= 0.6 is 0 Å². The van der Waals surface area contributed by atoms with E-state index in [1.54, 1.807) is 6.92 Å². The minimum atomic E-state index is -1.38. The molecule has 19 heavy (non-hydrogen) atoms. The van der Waals surface area contributed by atoms with Gasteiger partial charge in [0.05, 0.1) is 12.7 Å². The zero-order valence-electron chi connectivity index (χ0n) is 11.1. The van der Waals surface area contributed by atoms with Gasteiger partial charge in [0, 0.05) is 0 Å². The summed E-state index contributed by atoms with van der Waals surface area (Å²) in [6.07, 6.45) is 0.221. The van der Waals surface area contributed by atoms with E-state index in [9.17, 15) is 14.7 Å². The predicted octanol–water partition coefficient (Wildman–Crippen LogP) is 1.38. The summed E-state index contributed by atoms with van der Waals surface area (Å²) in [6.45, 7) is 3.06. The smallest absolute Gasteiger partial charge is 0.329 e. The number of hydrogen-bond donors (Lipinski definition) is 3. The Morgan fingerprint density at radius 3 is 2.53 bits per heavy atom. The lowest BCUT2D eigenvalue weighted by atomic mass is 9.98. The van der Waals surface area contributed by atoms with Crippen molar-refractivity contribution in [2.24, 2.45) is 0 Å². The number of methoxy groups -OCH3 is 1. The highest BCUT2D eigenvalue weighted by atomic mass is 16.5. The molecule has 1 aromatic carbocycles. The van der Waals surface area contributed by atoms with Crippen molar-refractivity contribution >= 4 is 11.9 Å². The van der Waals surface area contributed by atoms with E-state index in [-0.39, 0.29) is 17.7 Å². The number of benzene rings is 1. The van der Waals surface area contributed by atoms with Crippen molar-refractivity contribution in [1.82, 2.24) is 5.32 Å². The van der Waals surface area contributed by atoms with Crippen LogP contribution in [-0.2, 0) is 4.79 Å². The van der Waals surface area contributed by atoms with Gasteiger partial charge < -0.3 is 20.3 Å². The first-order valence-electron chi connectivity index (χ1n) is 5.77. The number of carbonyl (C=O) groups is 2. The lowest BCUT2D eigenvalue weighted by Gasteiger charge is -2.24. The molecule has 0 spiro atoms. The zero-order valence-corrected chi connectivity index (χ0v) is 11.1. The normalized spacial score (nSPS) is 13.4. The summed E-state index contributed by atoms with van der Waals surface area (Å²) >= 11 is 0. The molecule has 0 fully saturated rings. The van der Waals surface area contributed by atoms with Crippen molar-refractivity contribution in [3.05, 3.63) is 23.8 Å².